The van der Waals surface area contributed by atoms with E-state index in [0.717, 1.165) is 19.3 Å². The molecule has 0 spiro atoms. The maximum absolute atomic E-state index is 12.7. The van der Waals surface area contributed by atoms with Crippen molar-refractivity contribution in [3.63, 3.8) is 0 Å². The molecule has 20 heavy (non-hydrogen) atoms. The van der Waals surface area contributed by atoms with Gasteiger partial charge >= 0.3 is 0 Å². The molecule has 3 atom stereocenters. The van der Waals surface area contributed by atoms with Crippen molar-refractivity contribution >= 4 is 9.84 Å². The Morgan fingerprint density at radius 1 is 1.05 bits per heavy atom. The van der Waals surface area contributed by atoms with E-state index in [0.29, 0.717) is 17.6 Å². The molecule has 2 saturated carbocycles. The van der Waals surface area contributed by atoms with Gasteiger partial charge in [0.1, 0.15) is 0 Å². The smallest absolute Gasteiger partial charge is 0.154 e. The van der Waals surface area contributed by atoms with Crippen LogP contribution in [0.4, 0.5) is 0 Å². The maximum Gasteiger partial charge on any atom is 0.154 e. The Labute approximate surface area is 124 Å². The second-order valence-corrected chi connectivity index (χ2v) is 9.34. The summed E-state index contributed by atoms with van der Waals surface area (Å²) in [6.07, 6.45) is 10.3. The fraction of sp³-hybridized carbons (Fsp3) is 1.00. The molecule has 0 aromatic rings. The molecule has 0 radical (unpaired) electrons. The van der Waals surface area contributed by atoms with Crippen LogP contribution >= 0.6 is 0 Å². The Hall–Kier alpha value is -0.0900. The van der Waals surface area contributed by atoms with Crippen LogP contribution < -0.4 is 5.32 Å². The highest BCUT2D eigenvalue weighted by molar-refractivity contribution is 7.92. The van der Waals surface area contributed by atoms with Crippen LogP contribution in [0.1, 0.15) is 64.7 Å². The van der Waals surface area contributed by atoms with Gasteiger partial charge in [0.2, 0.25) is 0 Å². The Balaban J connectivity index is 1.97. The summed E-state index contributed by atoms with van der Waals surface area (Å²) in [5.74, 6) is 1.49. The van der Waals surface area contributed by atoms with Gasteiger partial charge in [-0.1, -0.05) is 39.0 Å². The summed E-state index contributed by atoms with van der Waals surface area (Å²) in [4.78, 5) is 0. The number of hydrogen-bond donors (Lipinski definition) is 1. The van der Waals surface area contributed by atoms with Crippen molar-refractivity contribution in [2.45, 2.75) is 76.0 Å². The van der Waals surface area contributed by atoms with Gasteiger partial charge in [-0.2, -0.15) is 0 Å². The zero-order valence-electron chi connectivity index (χ0n) is 13.1. The summed E-state index contributed by atoms with van der Waals surface area (Å²) in [5, 5.41) is 3.22. The second-order valence-electron chi connectivity index (χ2n) is 7.02. The van der Waals surface area contributed by atoms with E-state index in [4.69, 9.17) is 0 Å². The van der Waals surface area contributed by atoms with E-state index in [-0.39, 0.29) is 11.3 Å². The first kappa shape index (κ1) is 16.3. The van der Waals surface area contributed by atoms with Gasteiger partial charge in [-0.05, 0) is 44.6 Å². The van der Waals surface area contributed by atoms with Crippen LogP contribution in [0.2, 0.25) is 0 Å². The van der Waals surface area contributed by atoms with Crippen LogP contribution in [-0.4, -0.2) is 32.5 Å². The SMILES string of the molecule is CNC(CS(=O)(=O)C1CCCC(C)C1)C1CCCCC1. The Bertz CT molecular complexity index is 387. The monoisotopic (exact) mass is 301 g/mol. The number of rotatable bonds is 5. The van der Waals surface area contributed by atoms with Crippen molar-refractivity contribution in [1.82, 2.24) is 5.32 Å². The fourth-order valence-electron chi connectivity index (χ4n) is 4.08. The molecule has 3 unspecified atom stereocenters. The largest absolute Gasteiger partial charge is 0.316 e. The first-order valence-electron chi connectivity index (χ1n) is 8.41. The van der Waals surface area contributed by atoms with Gasteiger partial charge in [-0.3, -0.25) is 0 Å². The van der Waals surface area contributed by atoms with E-state index >= 15 is 0 Å². The highest BCUT2D eigenvalue weighted by atomic mass is 32.2. The Kier molecular flexibility index (Phi) is 5.91. The van der Waals surface area contributed by atoms with Crippen LogP contribution in [0, 0.1) is 11.8 Å². The minimum absolute atomic E-state index is 0.0781. The number of hydrogen-bond acceptors (Lipinski definition) is 3. The topological polar surface area (TPSA) is 46.2 Å². The molecule has 118 valence electrons. The minimum Gasteiger partial charge on any atom is -0.316 e. The molecular formula is C16H31NO2S. The lowest BCUT2D eigenvalue weighted by molar-refractivity contribution is 0.291. The molecular weight excluding hydrogens is 270 g/mol. The molecule has 4 heteroatoms. The Morgan fingerprint density at radius 3 is 2.35 bits per heavy atom. The van der Waals surface area contributed by atoms with E-state index in [1.54, 1.807) is 0 Å². The molecule has 0 aromatic carbocycles. The standard InChI is InChI=1S/C16H31NO2S/c1-13-7-6-10-15(11-13)20(18,19)12-16(17-2)14-8-4-3-5-9-14/h13-17H,3-12H2,1-2H3. The summed E-state index contributed by atoms with van der Waals surface area (Å²) in [6, 6.07) is 0.164. The first-order valence-corrected chi connectivity index (χ1v) is 10.1. The van der Waals surface area contributed by atoms with Gasteiger partial charge in [0, 0.05) is 6.04 Å². The predicted octanol–water partition coefficient (Wildman–Crippen LogP) is 3.15. The molecule has 2 rings (SSSR count). The molecule has 0 bridgehead atoms. The average molecular weight is 301 g/mol. The molecule has 0 amide bonds. The van der Waals surface area contributed by atoms with Gasteiger partial charge in [0.05, 0.1) is 11.0 Å². The van der Waals surface area contributed by atoms with Gasteiger partial charge in [0.15, 0.2) is 9.84 Å². The molecule has 0 saturated heterocycles. The van der Waals surface area contributed by atoms with E-state index in [1.807, 2.05) is 7.05 Å². The fourth-order valence-corrected chi connectivity index (χ4v) is 6.44. The zero-order valence-corrected chi connectivity index (χ0v) is 13.9. The van der Waals surface area contributed by atoms with Gasteiger partial charge in [-0.15, -0.1) is 0 Å². The highest BCUT2D eigenvalue weighted by Gasteiger charge is 2.34. The maximum atomic E-state index is 12.7. The lowest BCUT2D eigenvalue weighted by Crippen LogP contribution is -2.43. The quantitative estimate of drug-likeness (QED) is 0.848. The molecule has 2 aliphatic rings. The molecule has 3 nitrogen and oxygen atoms in total. The summed E-state index contributed by atoms with van der Waals surface area (Å²) < 4.78 is 25.4. The second kappa shape index (κ2) is 7.26. The molecule has 2 aliphatic carbocycles. The third-order valence-electron chi connectivity index (χ3n) is 5.40. The summed E-state index contributed by atoms with van der Waals surface area (Å²) in [5.41, 5.74) is 0. The van der Waals surface area contributed by atoms with Crippen molar-refractivity contribution < 1.29 is 8.42 Å². The zero-order chi connectivity index (χ0) is 14.6. The Morgan fingerprint density at radius 2 is 1.75 bits per heavy atom. The van der Waals surface area contributed by atoms with E-state index in [1.165, 1.54) is 38.5 Å². The van der Waals surface area contributed by atoms with E-state index < -0.39 is 9.84 Å². The van der Waals surface area contributed by atoms with E-state index in [9.17, 15) is 8.42 Å². The van der Waals surface area contributed by atoms with Gasteiger partial charge < -0.3 is 5.32 Å². The molecule has 0 aromatic heterocycles. The van der Waals surface area contributed by atoms with Crippen molar-refractivity contribution in [2.75, 3.05) is 12.8 Å². The lowest BCUT2D eigenvalue weighted by Gasteiger charge is -2.32. The average Bonchev–Trinajstić information content (AvgIpc) is 2.46. The summed E-state index contributed by atoms with van der Waals surface area (Å²) >= 11 is 0. The van der Waals surface area contributed by atoms with Crippen LogP contribution in [-0.2, 0) is 9.84 Å². The van der Waals surface area contributed by atoms with Crippen LogP contribution in [0.15, 0.2) is 0 Å². The highest BCUT2D eigenvalue weighted by Crippen LogP contribution is 2.31. The normalized spacial score (nSPS) is 31.1. The van der Waals surface area contributed by atoms with Gasteiger partial charge in [-0.25, -0.2) is 8.42 Å². The lowest BCUT2D eigenvalue weighted by atomic mass is 9.84. The third-order valence-corrected chi connectivity index (χ3v) is 7.67. The van der Waals surface area contributed by atoms with Crippen molar-refractivity contribution in [2.24, 2.45) is 11.8 Å². The van der Waals surface area contributed by atoms with E-state index in [2.05, 4.69) is 12.2 Å². The predicted molar refractivity (Wildman–Crippen MR) is 84.6 cm³/mol. The number of sulfone groups is 1. The molecule has 0 heterocycles. The van der Waals surface area contributed by atoms with Crippen LogP contribution in [0.25, 0.3) is 0 Å². The van der Waals surface area contributed by atoms with Crippen molar-refractivity contribution in [3.8, 4) is 0 Å². The molecule has 2 fully saturated rings. The van der Waals surface area contributed by atoms with Crippen molar-refractivity contribution in [3.05, 3.63) is 0 Å². The molecule has 1 N–H and O–H groups in total. The van der Waals surface area contributed by atoms with Crippen LogP contribution in [0.3, 0.4) is 0 Å². The number of nitrogens with one attached hydrogen (secondary N) is 1. The first-order chi connectivity index (χ1) is 9.53. The van der Waals surface area contributed by atoms with Crippen LogP contribution in [0.5, 0.6) is 0 Å². The summed E-state index contributed by atoms with van der Waals surface area (Å²) in [7, 11) is -1.01. The molecule has 0 aliphatic heterocycles. The summed E-state index contributed by atoms with van der Waals surface area (Å²) in [6.45, 7) is 2.19. The third kappa shape index (κ3) is 4.20. The minimum atomic E-state index is -2.94. The van der Waals surface area contributed by atoms with Gasteiger partial charge in [0.25, 0.3) is 0 Å². The van der Waals surface area contributed by atoms with Crippen molar-refractivity contribution in [1.29, 1.82) is 0 Å².